The number of piperazine rings is 1. The van der Waals surface area contributed by atoms with Crippen molar-refractivity contribution < 1.29 is 18.3 Å². The molecule has 0 radical (unpaired) electrons. The first kappa shape index (κ1) is 14.4. The van der Waals surface area contributed by atoms with Gasteiger partial charge in [0.1, 0.15) is 0 Å². The Labute approximate surface area is 102 Å². The van der Waals surface area contributed by atoms with E-state index in [4.69, 9.17) is 5.11 Å². The fraction of sp³-hybridized carbons (Fsp3) is 0.900. The van der Waals surface area contributed by atoms with Gasteiger partial charge in [0.05, 0.1) is 11.5 Å². The van der Waals surface area contributed by atoms with Gasteiger partial charge in [-0.15, -0.1) is 0 Å². The van der Waals surface area contributed by atoms with Crippen LogP contribution in [0.4, 0.5) is 0 Å². The third kappa shape index (κ3) is 5.47. The fourth-order valence-corrected chi connectivity index (χ4v) is 2.96. The molecule has 0 aliphatic carbocycles. The van der Waals surface area contributed by atoms with Crippen LogP contribution in [0.5, 0.6) is 0 Å². The van der Waals surface area contributed by atoms with Crippen molar-refractivity contribution in [1.82, 2.24) is 10.2 Å². The van der Waals surface area contributed by atoms with Gasteiger partial charge >= 0.3 is 0 Å². The summed E-state index contributed by atoms with van der Waals surface area (Å²) >= 11 is 0. The van der Waals surface area contributed by atoms with Gasteiger partial charge in [0.15, 0.2) is 9.84 Å². The van der Waals surface area contributed by atoms with Gasteiger partial charge in [0.25, 0.3) is 0 Å². The minimum absolute atomic E-state index is 0.0433. The summed E-state index contributed by atoms with van der Waals surface area (Å²) in [6, 6.07) is 0. The first-order chi connectivity index (χ1) is 8.05. The molecule has 1 aliphatic heterocycles. The zero-order valence-corrected chi connectivity index (χ0v) is 10.7. The first-order valence-electron chi connectivity index (χ1n) is 5.85. The molecule has 1 heterocycles. The molecule has 1 rings (SSSR count). The second-order valence-electron chi connectivity index (χ2n) is 4.11. The van der Waals surface area contributed by atoms with Crippen LogP contribution in [0.1, 0.15) is 12.8 Å². The van der Waals surface area contributed by atoms with Crippen LogP contribution in [-0.4, -0.2) is 68.6 Å². The van der Waals surface area contributed by atoms with Crippen LogP contribution in [0.15, 0.2) is 0 Å². The topological polar surface area (TPSA) is 86.7 Å². The highest BCUT2D eigenvalue weighted by atomic mass is 32.2. The third-order valence-electron chi connectivity index (χ3n) is 2.71. The van der Waals surface area contributed by atoms with Crippen molar-refractivity contribution in [2.75, 3.05) is 44.3 Å². The predicted molar refractivity (Wildman–Crippen MR) is 64.4 cm³/mol. The number of aliphatic hydroxyl groups is 1. The molecule has 1 amide bonds. The summed E-state index contributed by atoms with van der Waals surface area (Å²) in [6.07, 6.45) is 0.290. The van der Waals surface area contributed by atoms with Crippen molar-refractivity contribution in [2.45, 2.75) is 12.8 Å². The number of amides is 1. The molecule has 0 saturated carbocycles. The number of hydrogen-bond acceptors (Lipinski definition) is 5. The summed E-state index contributed by atoms with van der Waals surface area (Å²) in [7, 11) is -3.20. The zero-order chi connectivity index (χ0) is 12.7. The molecule has 7 heteroatoms. The van der Waals surface area contributed by atoms with Crippen molar-refractivity contribution in [1.29, 1.82) is 0 Å². The highest BCUT2D eigenvalue weighted by Crippen LogP contribution is 2.02. The molecule has 0 aromatic carbocycles. The molecule has 1 saturated heterocycles. The monoisotopic (exact) mass is 264 g/mol. The average Bonchev–Trinajstić information content (AvgIpc) is 2.35. The summed E-state index contributed by atoms with van der Waals surface area (Å²) in [5.41, 5.74) is 0. The van der Waals surface area contributed by atoms with Crippen LogP contribution in [0.3, 0.4) is 0 Å². The van der Waals surface area contributed by atoms with Gasteiger partial charge in [0.2, 0.25) is 5.91 Å². The average molecular weight is 264 g/mol. The Hall–Kier alpha value is -0.660. The smallest absolute Gasteiger partial charge is 0.223 e. The second kappa shape index (κ2) is 6.93. The molecule has 0 atom stereocenters. The number of nitrogens with one attached hydrogen (secondary N) is 1. The molecule has 2 N–H and O–H groups in total. The van der Waals surface area contributed by atoms with E-state index in [9.17, 15) is 13.2 Å². The molecule has 0 bridgehead atoms. The maximum absolute atomic E-state index is 11.7. The van der Waals surface area contributed by atoms with Gasteiger partial charge in [0, 0.05) is 39.2 Å². The number of carbonyl (C=O) groups is 1. The van der Waals surface area contributed by atoms with Crippen molar-refractivity contribution in [3.05, 3.63) is 0 Å². The summed E-state index contributed by atoms with van der Waals surface area (Å²) in [5, 5.41) is 11.7. The SMILES string of the molecule is O=C(CCS(=O)(=O)CCCO)N1CCNCC1. The number of aliphatic hydroxyl groups excluding tert-OH is 1. The van der Waals surface area contributed by atoms with Crippen molar-refractivity contribution in [3.8, 4) is 0 Å². The highest BCUT2D eigenvalue weighted by Gasteiger charge is 2.19. The second-order valence-corrected chi connectivity index (χ2v) is 6.41. The lowest BCUT2D eigenvalue weighted by Crippen LogP contribution is -2.46. The molecule has 6 nitrogen and oxygen atoms in total. The van der Waals surface area contributed by atoms with Gasteiger partial charge in [-0.3, -0.25) is 4.79 Å². The number of nitrogens with zero attached hydrogens (tertiary/aromatic N) is 1. The Morgan fingerprint density at radius 3 is 2.47 bits per heavy atom. The van der Waals surface area contributed by atoms with E-state index in [1.165, 1.54) is 0 Å². The van der Waals surface area contributed by atoms with E-state index in [0.29, 0.717) is 13.1 Å². The van der Waals surface area contributed by atoms with Crippen molar-refractivity contribution >= 4 is 15.7 Å². The fourth-order valence-electron chi connectivity index (χ4n) is 1.70. The molecule has 0 aromatic heterocycles. The highest BCUT2D eigenvalue weighted by molar-refractivity contribution is 7.91. The van der Waals surface area contributed by atoms with E-state index < -0.39 is 9.84 Å². The lowest BCUT2D eigenvalue weighted by Gasteiger charge is -2.27. The van der Waals surface area contributed by atoms with Crippen LogP contribution >= 0.6 is 0 Å². The third-order valence-corrected chi connectivity index (χ3v) is 4.45. The van der Waals surface area contributed by atoms with Gasteiger partial charge in [-0.2, -0.15) is 0 Å². The van der Waals surface area contributed by atoms with E-state index in [1.54, 1.807) is 4.90 Å². The van der Waals surface area contributed by atoms with Gasteiger partial charge < -0.3 is 15.3 Å². The first-order valence-corrected chi connectivity index (χ1v) is 7.67. The molecule has 0 aromatic rings. The number of carbonyl (C=O) groups excluding carboxylic acids is 1. The predicted octanol–water partition coefficient (Wildman–Crippen LogP) is -1.39. The number of sulfone groups is 1. The molecular weight excluding hydrogens is 244 g/mol. The van der Waals surface area contributed by atoms with Gasteiger partial charge in [-0.25, -0.2) is 8.42 Å². The Bertz CT molecular complexity index is 336. The maximum Gasteiger partial charge on any atom is 0.223 e. The Kier molecular flexibility index (Phi) is 5.87. The molecule has 0 unspecified atom stereocenters. The summed E-state index contributed by atoms with van der Waals surface area (Å²) < 4.78 is 23.0. The summed E-state index contributed by atoms with van der Waals surface area (Å²) in [4.78, 5) is 13.4. The lowest BCUT2D eigenvalue weighted by molar-refractivity contribution is -0.131. The lowest BCUT2D eigenvalue weighted by atomic mass is 10.3. The van der Waals surface area contributed by atoms with Crippen LogP contribution in [0.25, 0.3) is 0 Å². The molecule has 100 valence electrons. The van der Waals surface area contributed by atoms with E-state index in [1.807, 2.05) is 0 Å². The molecule has 0 spiro atoms. The Morgan fingerprint density at radius 2 is 1.88 bits per heavy atom. The van der Waals surface area contributed by atoms with Gasteiger partial charge in [-0.05, 0) is 6.42 Å². The minimum atomic E-state index is -3.20. The Morgan fingerprint density at radius 1 is 1.24 bits per heavy atom. The molecule has 1 fully saturated rings. The summed E-state index contributed by atoms with van der Waals surface area (Å²) in [5.74, 6) is -0.257. The van der Waals surface area contributed by atoms with Crippen molar-refractivity contribution in [2.24, 2.45) is 0 Å². The summed E-state index contributed by atoms with van der Waals surface area (Å²) in [6.45, 7) is 2.70. The van der Waals surface area contributed by atoms with Crippen LogP contribution in [-0.2, 0) is 14.6 Å². The quantitative estimate of drug-likeness (QED) is 0.616. The van der Waals surface area contributed by atoms with Crippen LogP contribution in [0.2, 0.25) is 0 Å². The van der Waals surface area contributed by atoms with Crippen molar-refractivity contribution in [3.63, 3.8) is 0 Å². The number of rotatable bonds is 6. The van der Waals surface area contributed by atoms with E-state index in [2.05, 4.69) is 5.32 Å². The van der Waals surface area contributed by atoms with E-state index in [0.717, 1.165) is 13.1 Å². The largest absolute Gasteiger partial charge is 0.396 e. The minimum Gasteiger partial charge on any atom is -0.396 e. The van der Waals surface area contributed by atoms with Crippen LogP contribution < -0.4 is 5.32 Å². The Balaban J connectivity index is 2.31. The zero-order valence-electron chi connectivity index (χ0n) is 9.89. The van der Waals surface area contributed by atoms with Gasteiger partial charge in [-0.1, -0.05) is 0 Å². The normalized spacial score (nSPS) is 17.1. The number of hydrogen-bond donors (Lipinski definition) is 2. The van der Waals surface area contributed by atoms with E-state index in [-0.39, 0.29) is 36.9 Å². The molecular formula is C10H20N2O4S. The molecule has 17 heavy (non-hydrogen) atoms. The van der Waals surface area contributed by atoms with Crippen LogP contribution in [0, 0.1) is 0 Å². The molecule has 1 aliphatic rings. The standard InChI is InChI=1S/C10H20N2O4S/c13-7-1-8-17(15,16)9-2-10(14)12-5-3-11-4-6-12/h11,13H,1-9H2. The van der Waals surface area contributed by atoms with E-state index >= 15 is 0 Å². The maximum atomic E-state index is 11.7.